The molecular formula is C14H26N2O3. The zero-order valence-electron chi connectivity index (χ0n) is 12.0. The number of amides is 1. The highest BCUT2D eigenvalue weighted by atomic mass is 16.4. The van der Waals surface area contributed by atoms with Crippen LogP contribution in [0.2, 0.25) is 0 Å². The van der Waals surface area contributed by atoms with Gasteiger partial charge >= 0.3 is 5.97 Å². The predicted molar refractivity (Wildman–Crippen MR) is 73.9 cm³/mol. The van der Waals surface area contributed by atoms with Crippen molar-refractivity contribution in [1.82, 2.24) is 10.2 Å². The molecule has 1 aliphatic heterocycles. The van der Waals surface area contributed by atoms with E-state index in [2.05, 4.69) is 24.1 Å². The normalized spacial score (nSPS) is 17.6. The third kappa shape index (κ3) is 7.15. The lowest BCUT2D eigenvalue weighted by Gasteiger charge is -2.30. The van der Waals surface area contributed by atoms with Crippen molar-refractivity contribution in [2.45, 2.75) is 39.5 Å². The Morgan fingerprint density at radius 2 is 1.95 bits per heavy atom. The van der Waals surface area contributed by atoms with E-state index < -0.39 is 5.97 Å². The van der Waals surface area contributed by atoms with Gasteiger partial charge in [-0.15, -0.1) is 0 Å². The summed E-state index contributed by atoms with van der Waals surface area (Å²) in [5, 5.41) is 11.7. The van der Waals surface area contributed by atoms with Gasteiger partial charge in [-0.2, -0.15) is 0 Å². The molecular weight excluding hydrogens is 244 g/mol. The van der Waals surface area contributed by atoms with Gasteiger partial charge in [0.15, 0.2) is 0 Å². The Morgan fingerprint density at radius 1 is 1.32 bits per heavy atom. The highest BCUT2D eigenvalue weighted by molar-refractivity contribution is 5.78. The van der Waals surface area contributed by atoms with E-state index >= 15 is 0 Å². The highest BCUT2D eigenvalue weighted by Gasteiger charge is 2.22. The number of nitrogens with one attached hydrogen (secondary N) is 1. The largest absolute Gasteiger partial charge is 0.481 e. The van der Waals surface area contributed by atoms with Crippen LogP contribution in [-0.4, -0.2) is 48.1 Å². The van der Waals surface area contributed by atoms with Gasteiger partial charge in [0.05, 0.1) is 6.54 Å². The van der Waals surface area contributed by atoms with Crippen LogP contribution in [0, 0.1) is 11.8 Å². The number of rotatable bonds is 7. The first-order valence-electron chi connectivity index (χ1n) is 7.18. The summed E-state index contributed by atoms with van der Waals surface area (Å²) in [5.41, 5.74) is 0. The summed E-state index contributed by atoms with van der Waals surface area (Å²) in [6.45, 7) is 7.12. The average molecular weight is 270 g/mol. The summed E-state index contributed by atoms with van der Waals surface area (Å²) in [6, 6.07) is 0. The first kappa shape index (κ1) is 16.0. The fraction of sp³-hybridized carbons (Fsp3) is 0.857. The molecule has 5 heteroatoms. The van der Waals surface area contributed by atoms with E-state index in [1.54, 1.807) is 0 Å². The number of carbonyl (C=O) groups excluding carboxylic acids is 1. The molecule has 0 aliphatic carbocycles. The molecule has 0 atom stereocenters. The van der Waals surface area contributed by atoms with Crippen LogP contribution in [0.3, 0.4) is 0 Å². The minimum atomic E-state index is -0.718. The molecule has 1 heterocycles. The van der Waals surface area contributed by atoms with E-state index in [4.69, 9.17) is 5.11 Å². The molecule has 0 spiro atoms. The lowest BCUT2D eigenvalue weighted by atomic mass is 9.94. The second-order valence-corrected chi connectivity index (χ2v) is 5.85. The number of nitrogens with zero attached hydrogens (tertiary/aromatic N) is 1. The maximum absolute atomic E-state index is 11.7. The maximum Gasteiger partial charge on any atom is 0.303 e. The number of carboxylic acids is 1. The van der Waals surface area contributed by atoms with Gasteiger partial charge in [0.25, 0.3) is 0 Å². The van der Waals surface area contributed by atoms with Crippen molar-refractivity contribution in [3.63, 3.8) is 0 Å². The van der Waals surface area contributed by atoms with Gasteiger partial charge in [0.1, 0.15) is 0 Å². The van der Waals surface area contributed by atoms with E-state index in [0.29, 0.717) is 12.5 Å². The van der Waals surface area contributed by atoms with Crippen LogP contribution in [0.5, 0.6) is 0 Å². The lowest BCUT2D eigenvalue weighted by Crippen LogP contribution is -2.42. The molecule has 110 valence electrons. The Balaban J connectivity index is 2.14. The van der Waals surface area contributed by atoms with Crippen molar-refractivity contribution in [3.8, 4) is 0 Å². The van der Waals surface area contributed by atoms with Gasteiger partial charge < -0.3 is 10.4 Å². The highest BCUT2D eigenvalue weighted by Crippen LogP contribution is 2.19. The van der Waals surface area contributed by atoms with Gasteiger partial charge in [-0.05, 0) is 44.2 Å². The van der Waals surface area contributed by atoms with E-state index in [1.807, 2.05) is 0 Å². The SMILES string of the molecule is CC(C)CCNC(=O)CN1CCC(CC(=O)O)CC1. The fourth-order valence-electron chi connectivity index (χ4n) is 2.35. The van der Waals surface area contributed by atoms with E-state index in [-0.39, 0.29) is 18.2 Å². The van der Waals surface area contributed by atoms with Crippen molar-refractivity contribution in [2.75, 3.05) is 26.2 Å². The Kier molecular flexibility index (Phi) is 6.84. The van der Waals surface area contributed by atoms with Gasteiger partial charge in [0.2, 0.25) is 5.91 Å². The molecule has 19 heavy (non-hydrogen) atoms. The third-order valence-corrected chi connectivity index (χ3v) is 3.58. The maximum atomic E-state index is 11.7. The summed E-state index contributed by atoms with van der Waals surface area (Å²) < 4.78 is 0. The number of aliphatic carboxylic acids is 1. The standard InChI is InChI=1S/C14H26N2O3/c1-11(2)3-6-15-13(17)10-16-7-4-12(5-8-16)9-14(18)19/h11-12H,3-10H2,1-2H3,(H,15,17)(H,18,19). The van der Waals surface area contributed by atoms with E-state index in [1.165, 1.54) is 0 Å². The van der Waals surface area contributed by atoms with Crippen LogP contribution >= 0.6 is 0 Å². The molecule has 1 amide bonds. The van der Waals surface area contributed by atoms with E-state index in [9.17, 15) is 9.59 Å². The number of piperidine rings is 1. The van der Waals surface area contributed by atoms with Gasteiger partial charge in [-0.1, -0.05) is 13.8 Å². The summed E-state index contributed by atoms with van der Waals surface area (Å²) in [5.74, 6) is 0.243. The molecule has 0 aromatic heterocycles. The molecule has 1 rings (SSSR count). The van der Waals surface area contributed by atoms with Crippen molar-refractivity contribution < 1.29 is 14.7 Å². The molecule has 5 nitrogen and oxygen atoms in total. The van der Waals surface area contributed by atoms with Crippen molar-refractivity contribution >= 4 is 11.9 Å². The van der Waals surface area contributed by atoms with Crippen LogP contribution in [0.1, 0.15) is 39.5 Å². The van der Waals surface area contributed by atoms with Crippen LogP contribution < -0.4 is 5.32 Å². The molecule has 0 radical (unpaired) electrons. The van der Waals surface area contributed by atoms with Crippen LogP contribution in [0.4, 0.5) is 0 Å². The molecule has 1 saturated heterocycles. The molecule has 0 unspecified atom stereocenters. The predicted octanol–water partition coefficient (Wildman–Crippen LogP) is 1.34. The quantitative estimate of drug-likeness (QED) is 0.732. The smallest absolute Gasteiger partial charge is 0.303 e. The summed E-state index contributed by atoms with van der Waals surface area (Å²) >= 11 is 0. The number of hydrogen-bond donors (Lipinski definition) is 2. The second kappa shape index (κ2) is 8.15. The summed E-state index contributed by atoms with van der Waals surface area (Å²) in [4.78, 5) is 24.4. The van der Waals surface area contributed by atoms with Crippen molar-refractivity contribution in [2.24, 2.45) is 11.8 Å². The Hall–Kier alpha value is -1.10. The van der Waals surface area contributed by atoms with Gasteiger partial charge in [-0.3, -0.25) is 14.5 Å². The Labute approximate surface area is 115 Å². The zero-order valence-corrected chi connectivity index (χ0v) is 12.0. The topological polar surface area (TPSA) is 69.6 Å². The zero-order chi connectivity index (χ0) is 14.3. The number of carboxylic acid groups (broad SMARTS) is 1. The Bertz CT molecular complexity index is 297. The molecule has 0 saturated carbocycles. The Morgan fingerprint density at radius 3 is 2.47 bits per heavy atom. The molecule has 0 aromatic carbocycles. The van der Waals surface area contributed by atoms with Crippen LogP contribution in [-0.2, 0) is 9.59 Å². The second-order valence-electron chi connectivity index (χ2n) is 5.85. The monoisotopic (exact) mass is 270 g/mol. The number of hydrogen-bond acceptors (Lipinski definition) is 3. The van der Waals surface area contributed by atoms with Gasteiger partial charge in [0, 0.05) is 13.0 Å². The average Bonchev–Trinajstić information content (AvgIpc) is 2.30. The summed E-state index contributed by atoms with van der Waals surface area (Å²) in [6.07, 6.45) is 3.03. The fourth-order valence-corrected chi connectivity index (χ4v) is 2.35. The molecule has 0 bridgehead atoms. The van der Waals surface area contributed by atoms with Crippen molar-refractivity contribution in [3.05, 3.63) is 0 Å². The van der Waals surface area contributed by atoms with E-state index in [0.717, 1.165) is 38.9 Å². The van der Waals surface area contributed by atoms with Crippen molar-refractivity contribution in [1.29, 1.82) is 0 Å². The van der Waals surface area contributed by atoms with Gasteiger partial charge in [-0.25, -0.2) is 0 Å². The molecule has 1 fully saturated rings. The lowest BCUT2D eigenvalue weighted by molar-refractivity contribution is -0.138. The van der Waals surface area contributed by atoms with Crippen LogP contribution in [0.25, 0.3) is 0 Å². The summed E-state index contributed by atoms with van der Waals surface area (Å²) in [7, 11) is 0. The molecule has 0 aromatic rings. The molecule has 1 aliphatic rings. The minimum absolute atomic E-state index is 0.0809. The first-order valence-corrected chi connectivity index (χ1v) is 7.18. The molecule has 2 N–H and O–H groups in total. The minimum Gasteiger partial charge on any atom is -0.481 e. The third-order valence-electron chi connectivity index (χ3n) is 3.58. The van der Waals surface area contributed by atoms with Crippen LogP contribution in [0.15, 0.2) is 0 Å². The number of carbonyl (C=O) groups is 2. The first-order chi connectivity index (χ1) is 8.97. The number of likely N-dealkylation sites (tertiary alicyclic amines) is 1.